The fourth-order valence-corrected chi connectivity index (χ4v) is 5.38. The monoisotopic (exact) mass is 441 g/mol. The molecule has 5 rings (SSSR count). The molecule has 2 aromatic heterocycles. The van der Waals surface area contributed by atoms with Crippen molar-refractivity contribution in [3.63, 3.8) is 0 Å². The number of amides is 2. The number of aromatic nitrogens is 3. The number of hydrogen-bond donors (Lipinski definition) is 1. The van der Waals surface area contributed by atoms with E-state index in [1.54, 1.807) is 23.2 Å². The largest absolute Gasteiger partial charge is 0.354 e. The summed E-state index contributed by atoms with van der Waals surface area (Å²) in [7, 11) is 0. The lowest BCUT2D eigenvalue weighted by Gasteiger charge is -2.29. The number of carbonyl (C=O) groups is 3. The van der Waals surface area contributed by atoms with Crippen LogP contribution in [0.2, 0.25) is 0 Å². The molecule has 0 bridgehead atoms. The van der Waals surface area contributed by atoms with Gasteiger partial charge in [0.1, 0.15) is 24.5 Å². The summed E-state index contributed by atoms with van der Waals surface area (Å²) < 4.78 is 15.6. The molecule has 3 aliphatic rings. The number of piperidine rings is 1. The molecule has 3 heterocycles. The maximum Gasteiger partial charge on any atom is 0.245 e. The van der Waals surface area contributed by atoms with Crippen molar-refractivity contribution in [3.05, 3.63) is 24.0 Å². The van der Waals surface area contributed by atoms with Gasteiger partial charge in [0, 0.05) is 31.6 Å². The van der Waals surface area contributed by atoms with Crippen LogP contribution >= 0.6 is 0 Å². The number of nitrogens with one attached hydrogen (secondary N) is 1. The first-order valence-electron chi connectivity index (χ1n) is 11.5. The highest BCUT2D eigenvalue weighted by atomic mass is 19.1. The summed E-state index contributed by atoms with van der Waals surface area (Å²) >= 11 is 0. The van der Waals surface area contributed by atoms with Crippen LogP contribution in [0, 0.1) is 11.8 Å². The highest BCUT2D eigenvalue weighted by Gasteiger charge is 2.56. The van der Waals surface area contributed by atoms with Gasteiger partial charge in [-0.15, -0.1) is 0 Å². The van der Waals surface area contributed by atoms with Gasteiger partial charge in [0.25, 0.3) is 0 Å². The maximum atomic E-state index is 14.1. The van der Waals surface area contributed by atoms with E-state index in [0.29, 0.717) is 36.3 Å². The Labute approximate surface area is 185 Å². The number of ketones is 1. The average Bonchev–Trinajstić information content (AvgIpc) is 3.28. The van der Waals surface area contributed by atoms with Crippen molar-refractivity contribution < 1.29 is 18.8 Å². The summed E-state index contributed by atoms with van der Waals surface area (Å²) in [5, 5.41) is 7.85. The van der Waals surface area contributed by atoms with E-state index in [0.717, 1.165) is 25.7 Å². The average molecular weight is 442 g/mol. The van der Waals surface area contributed by atoms with E-state index in [4.69, 9.17) is 0 Å². The quantitative estimate of drug-likeness (QED) is 0.694. The Morgan fingerprint density at radius 3 is 2.81 bits per heavy atom. The van der Waals surface area contributed by atoms with E-state index in [9.17, 15) is 18.8 Å². The Bertz CT molecular complexity index is 1070. The molecule has 2 amide bonds. The zero-order valence-corrected chi connectivity index (χ0v) is 18.2. The van der Waals surface area contributed by atoms with Gasteiger partial charge in [-0.05, 0) is 43.7 Å². The zero-order chi connectivity index (χ0) is 22.4. The summed E-state index contributed by atoms with van der Waals surface area (Å²) in [5.41, 5.74) is 0.763. The fraction of sp³-hybridized carbons (Fsp3) is 0.609. The van der Waals surface area contributed by atoms with Crippen LogP contribution < -0.4 is 5.32 Å². The van der Waals surface area contributed by atoms with Gasteiger partial charge in [0.2, 0.25) is 11.8 Å². The minimum absolute atomic E-state index is 0.0731. The number of Topliss-reactive ketones (excluding diaryl/α,β-unsaturated/α-hetero) is 1. The molecule has 0 radical (unpaired) electrons. The van der Waals surface area contributed by atoms with Gasteiger partial charge >= 0.3 is 0 Å². The van der Waals surface area contributed by atoms with E-state index in [2.05, 4.69) is 15.4 Å². The fourth-order valence-electron chi connectivity index (χ4n) is 5.38. The van der Waals surface area contributed by atoms with Gasteiger partial charge in [-0.25, -0.2) is 14.1 Å². The van der Waals surface area contributed by atoms with Crippen molar-refractivity contribution in [3.8, 4) is 0 Å². The molecule has 32 heavy (non-hydrogen) atoms. The minimum atomic E-state index is -0.866. The van der Waals surface area contributed by atoms with E-state index >= 15 is 0 Å². The minimum Gasteiger partial charge on any atom is -0.354 e. The predicted molar refractivity (Wildman–Crippen MR) is 115 cm³/mol. The molecular formula is C23H28FN5O3. The van der Waals surface area contributed by atoms with Crippen molar-refractivity contribution in [2.45, 2.75) is 70.2 Å². The van der Waals surface area contributed by atoms with E-state index in [1.165, 1.54) is 11.6 Å². The second-order valence-electron chi connectivity index (χ2n) is 9.36. The third-order valence-corrected chi connectivity index (χ3v) is 7.18. The van der Waals surface area contributed by atoms with E-state index < -0.39 is 12.2 Å². The normalized spacial score (nSPS) is 29.1. The molecule has 2 aliphatic carbocycles. The van der Waals surface area contributed by atoms with Gasteiger partial charge in [0.05, 0.1) is 5.39 Å². The van der Waals surface area contributed by atoms with Gasteiger partial charge < -0.3 is 10.2 Å². The zero-order valence-electron chi connectivity index (χ0n) is 18.2. The van der Waals surface area contributed by atoms with Crippen LogP contribution in [0.3, 0.4) is 0 Å². The Kier molecular flexibility index (Phi) is 5.43. The smallest absolute Gasteiger partial charge is 0.245 e. The Morgan fingerprint density at radius 1 is 1.22 bits per heavy atom. The molecule has 3 fully saturated rings. The molecule has 2 saturated carbocycles. The number of carbonyl (C=O) groups excluding carboxylic acids is 3. The third-order valence-electron chi connectivity index (χ3n) is 7.18. The summed E-state index contributed by atoms with van der Waals surface area (Å²) in [5.74, 6) is -0.390. The van der Waals surface area contributed by atoms with Crippen LogP contribution in [0.5, 0.6) is 0 Å². The van der Waals surface area contributed by atoms with E-state index in [-0.39, 0.29) is 41.8 Å². The molecule has 1 aliphatic heterocycles. The molecule has 2 aromatic rings. The first-order valence-corrected chi connectivity index (χ1v) is 11.5. The van der Waals surface area contributed by atoms with Gasteiger partial charge in [-0.3, -0.25) is 14.4 Å². The molecule has 170 valence electrons. The third kappa shape index (κ3) is 3.78. The van der Waals surface area contributed by atoms with Gasteiger partial charge in [0.15, 0.2) is 11.4 Å². The van der Waals surface area contributed by atoms with Gasteiger partial charge in [-0.2, -0.15) is 5.10 Å². The standard InChI is InChI=1S/C23H28FN5O3/c1-13(30)21-16-6-4-8-25-22(16)28(27-21)12-20(31)29-18-9-15(18)10-19(29)23(32)26-11-14-5-2-3-7-17(14)24/h4,6,8,14-15,17-19H,2-3,5,7,9-12H2,1H3,(H,26,32)/t14?,15-,17?,18-,19+/m1/s1. The van der Waals surface area contributed by atoms with Crippen LogP contribution in [-0.4, -0.2) is 62.1 Å². The summed E-state index contributed by atoms with van der Waals surface area (Å²) in [6, 6.07) is 3.03. The number of rotatable bonds is 6. The number of hydrogen-bond acceptors (Lipinski definition) is 5. The summed E-state index contributed by atoms with van der Waals surface area (Å²) in [6.45, 7) is 1.68. The number of alkyl halides is 1. The maximum absolute atomic E-state index is 14.1. The highest BCUT2D eigenvalue weighted by molar-refractivity contribution is 6.04. The molecule has 8 nitrogen and oxygen atoms in total. The molecule has 1 saturated heterocycles. The number of pyridine rings is 1. The molecule has 5 atom stereocenters. The molecule has 2 unspecified atom stereocenters. The predicted octanol–water partition coefficient (Wildman–Crippen LogP) is 2.27. The molecule has 0 aromatic carbocycles. The number of likely N-dealkylation sites (tertiary alicyclic amines) is 1. The first-order chi connectivity index (χ1) is 15.4. The van der Waals surface area contributed by atoms with Crippen molar-refractivity contribution in [1.29, 1.82) is 0 Å². The molecular weight excluding hydrogens is 413 g/mol. The van der Waals surface area contributed by atoms with Crippen LogP contribution in [0.4, 0.5) is 4.39 Å². The number of fused-ring (bicyclic) bond motifs is 2. The van der Waals surface area contributed by atoms with Crippen LogP contribution in [0.1, 0.15) is 55.9 Å². The van der Waals surface area contributed by atoms with Crippen LogP contribution in [0.15, 0.2) is 18.3 Å². The van der Waals surface area contributed by atoms with Crippen molar-refractivity contribution in [2.24, 2.45) is 11.8 Å². The number of halogens is 1. The first kappa shape index (κ1) is 21.0. The van der Waals surface area contributed by atoms with Crippen molar-refractivity contribution in [1.82, 2.24) is 25.0 Å². The topological polar surface area (TPSA) is 97.2 Å². The highest BCUT2D eigenvalue weighted by Crippen LogP contribution is 2.48. The molecule has 0 spiro atoms. The SMILES string of the molecule is CC(=O)c1nn(CC(=O)N2[C@@H]3C[C@@H]3C[C@H]2C(=O)NCC2CCCCC2F)c2ncccc12. The summed E-state index contributed by atoms with van der Waals surface area (Å²) in [4.78, 5) is 44.1. The van der Waals surface area contributed by atoms with E-state index in [1.807, 2.05) is 0 Å². The molecule has 1 N–H and O–H groups in total. The van der Waals surface area contributed by atoms with Crippen LogP contribution in [-0.2, 0) is 16.1 Å². The lowest BCUT2D eigenvalue weighted by molar-refractivity contribution is -0.140. The van der Waals surface area contributed by atoms with Crippen molar-refractivity contribution in [2.75, 3.05) is 6.54 Å². The van der Waals surface area contributed by atoms with Crippen molar-refractivity contribution >= 4 is 28.6 Å². The Morgan fingerprint density at radius 2 is 2.03 bits per heavy atom. The number of nitrogens with zero attached hydrogens (tertiary/aromatic N) is 4. The second kappa shape index (κ2) is 8.26. The lowest BCUT2D eigenvalue weighted by Crippen LogP contribution is -2.50. The van der Waals surface area contributed by atoms with Crippen LogP contribution in [0.25, 0.3) is 11.0 Å². The molecule has 9 heteroatoms. The Hall–Kier alpha value is -2.84. The summed E-state index contributed by atoms with van der Waals surface area (Å²) in [6.07, 6.45) is 5.53. The second-order valence-corrected chi connectivity index (χ2v) is 9.36. The van der Waals surface area contributed by atoms with Gasteiger partial charge in [-0.1, -0.05) is 12.8 Å². The Balaban J connectivity index is 1.29. The lowest BCUT2D eigenvalue weighted by atomic mass is 9.87.